The summed E-state index contributed by atoms with van der Waals surface area (Å²) in [7, 11) is -3.02. The maximum atomic E-state index is 12.0. The Hall–Kier alpha value is -2.68. The van der Waals surface area contributed by atoms with E-state index in [0.717, 1.165) is 11.3 Å². The zero-order valence-electron chi connectivity index (χ0n) is 14.8. The van der Waals surface area contributed by atoms with Crippen LogP contribution in [0.25, 0.3) is 5.69 Å². The van der Waals surface area contributed by atoms with Crippen LogP contribution in [-0.2, 0) is 25.8 Å². The average molecular weight is 390 g/mol. The Morgan fingerprint density at radius 1 is 1.19 bits per heavy atom. The molecule has 1 aliphatic heterocycles. The smallest absolute Gasteiger partial charge is 0.224 e. The number of sulfone groups is 1. The summed E-state index contributed by atoms with van der Waals surface area (Å²) in [5, 5.41) is 9.63. The third kappa shape index (κ3) is 5.65. The molecule has 2 amide bonds. The lowest BCUT2D eigenvalue weighted by molar-refractivity contribution is -0.122. The monoisotopic (exact) mass is 390 g/mol. The van der Waals surface area contributed by atoms with E-state index in [4.69, 9.17) is 0 Å². The Morgan fingerprint density at radius 3 is 2.67 bits per heavy atom. The minimum Gasteiger partial charge on any atom is -0.355 e. The first kappa shape index (κ1) is 19.1. The lowest BCUT2D eigenvalue weighted by Crippen LogP contribution is -2.37. The third-order valence-electron chi connectivity index (χ3n) is 4.29. The number of carbonyl (C=O) groups excluding carboxylic acids is 2. The van der Waals surface area contributed by atoms with Gasteiger partial charge in [0.05, 0.1) is 29.8 Å². The molecule has 2 N–H and O–H groups in total. The standard InChI is InChI=1S/C18H22N4O4S/c23-17(21-15-7-9-27(25,26)13-15)6-8-19-18(24)10-14-11-20-22(12-14)16-4-2-1-3-5-16/h1-5,11-12,15H,6-10,13H2,(H,19,24)(H,21,23)/t15-/m0/s1. The van der Waals surface area contributed by atoms with E-state index >= 15 is 0 Å². The second-order valence-corrected chi connectivity index (χ2v) is 8.80. The number of rotatable bonds is 7. The molecule has 0 saturated carbocycles. The van der Waals surface area contributed by atoms with Crippen LogP contribution in [0.2, 0.25) is 0 Å². The molecule has 1 aliphatic rings. The van der Waals surface area contributed by atoms with Gasteiger partial charge in [0.15, 0.2) is 9.84 Å². The molecule has 1 aromatic carbocycles. The van der Waals surface area contributed by atoms with Crippen LogP contribution in [0.15, 0.2) is 42.7 Å². The lowest BCUT2D eigenvalue weighted by atomic mass is 10.2. The van der Waals surface area contributed by atoms with Crippen LogP contribution in [0, 0.1) is 0 Å². The molecule has 1 fully saturated rings. The Labute approximate surface area is 157 Å². The lowest BCUT2D eigenvalue weighted by Gasteiger charge is -2.11. The Balaban J connectivity index is 1.39. The largest absolute Gasteiger partial charge is 0.355 e. The zero-order chi connectivity index (χ0) is 19.3. The van der Waals surface area contributed by atoms with Crippen molar-refractivity contribution in [2.24, 2.45) is 0 Å². The summed E-state index contributed by atoms with van der Waals surface area (Å²) >= 11 is 0. The molecule has 1 atom stereocenters. The fraction of sp³-hybridized carbons (Fsp3) is 0.389. The van der Waals surface area contributed by atoms with Gasteiger partial charge >= 0.3 is 0 Å². The van der Waals surface area contributed by atoms with Gasteiger partial charge in [-0.2, -0.15) is 5.10 Å². The molecule has 2 aromatic rings. The van der Waals surface area contributed by atoms with Crippen molar-refractivity contribution >= 4 is 21.7 Å². The van der Waals surface area contributed by atoms with Crippen molar-refractivity contribution in [1.82, 2.24) is 20.4 Å². The van der Waals surface area contributed by atoms with E-state index in [-0.39, 0.29) is 48.7 Å². The first-order valence-corrected chi connectivity index (χ1v) is 10.6. The normalized spacial score (nSPS) is 18.1. The molecule has 0 radical (unpaired) electrons. The molecule has 2 heterocycles. The number of nitrogens with zero attached hydrogens (tertiary/aromatic N) is 2. The van der Waals surface area contributed by atoms with Crippen molar-refractivity contribution in [2.45, 2.75) is 25.3 Å². The van der Waals surface area contributed by atoms with E-state index in [1.54, 1.807) is 17.1 Å². The summed E-state index contributed by atoms with van der Waals surface area (Å²) in [6.45, 7) is 0.205. The van der Waals surface area contributed by atoms with Gasteiger partial charge in [-0.25, -0.2) is 13.1 Å². The third-order valence-corrected chi connectivity index (χ3v) is 6.06. The first-order chi connectivity index (χ1) is 12.9. The van der Waals surface area contributed by atoms with Gasteiger partial charge in [0, 0.05) is 25.2 Å². The van der Waals surface area contributed by atoms with Gasteiger partial charge in [0.2, 0.25) is 11.8 Å². The molecule has 144 valence electrons. The molecule has 0 spiro atoms. The topological polar surface area (TPSA) is 110 Å². The predicted molar refractivity (Wildman–Crippen MR) is 100 cm³/mol. The Kier molecular flexibility index (Phi) is 5.90. The van der Waals surface area contributed by atoms with Gasteiger partial charge in [-0.3, -0.25) is 9.59 Å². The highest BCUT2D eigenvalue weighted by Crippen LogP contribution is 2.11. The molecule has 27 heavy (non-hydrogen) atoms. The van der Waals surface area contributed by atoms with E-state index in [1.165, 1.54) is 0 Å². The second-order valence-electron chi connectivity index (χ2n) is 6.57. The van der Waals surface area contributed by atoms with Crippen LogP contribution in [0.5, 0.6) is 0 Å². The summed E-state index contributed by atoms with van der Waals surface area (Å²) in [5.74, 6) is -0.338. The quantitative estimate of drug-likeness (QED) is 0.703. The summed E-state index contributed by atoms with van der Waals surface area (Å²) in [5.41, 5.74) is 1.69. The fourth-order valence-electron chi connectivity index (χ4n) is 2.95. The molecule has 1 aromatic heterocycles. The molecule has 8 nitrogen and oxygen atoms in total. The molecule has 9 heteroatoms. The number of aromatic nitrogens is 2. The van der Waals surface area contributed by atoms with Gasteiger partial charge in [-0.15, -0.1) is 0 Å². The van der Waals surface area contributed by atoms with Crippen LogP contribution >= 0.6 is 0 Å². The number of hydrogen-bond donors (Lipinski definition) is 2. The average Bonchev–Trinajstić information content (AvgIpc) is 3.22. The Bertz CT molecular complexity index is 908. The molecule has 0 unspecified atom stereocenters. The van der Waals surface area contributed by atoms with E-state index < -0.39 is 9.84 Å². The van der Waals surface area contributed by atoms with Crippen molar-refractivity contribution in [3.05, 3.63) is 48.3 Å². The molecular formula is C18H22N4O4S. The molecule has 1 saturated heterocycles. The number of carbonyl (C=O) groups is 2. The molecular weight excluding hydrogens is 368 g/mol. The molecule has 0 aliphatic carbocycles. The Morgan fingerprint density at radius 2 is 1.96 bits per heavy atom. The van der Waals surface area contributed by atoms with Crippen LogP contribution in [0.4, 0.5) is 0 Å². The van der Waals surface area contributed by atoms with Crippen LogP contribution in [0.3, 0.4) is 0 Å². The van der Waals surface area contributed by atoms with Gasteiger partial charge in [-0.05, 0) is 24.1 Å². The summed E-state index contributed by atoms with van der Waals surface area (Å²) < 4.78 is 24.5. The van der Waals surface area contributed by atoms with Crippen molar-refractivity contribution in [3.63, 3.8) is 0 Å². The number of benzene rings is 1. The summed E-state index contributed by atoms with van der Waals surface area (Å²) in [4.78, 5) is 23.8. The first-order valence-electron chi connectivity index (χ1n) is 8.77. The van der Waals surface area contributed by atoms with Crippen molar-refractivity contribution in [3.8, 4) is 5.69 Å². The minimum absolute atomic E-state index is 0.00347. The zero-order valence-corrected chi connectivity index (χ0v) is 15.6. The van der Waals surface area contributed by atoms with Crippen LogP contribution < -0.4 is 10.6 Å². The van der Waals surface area contributed by atoms with Crippen molar-refractivity contribution in [2.75, 3.05) is 18.1 Å². The molecule has 3 rings (SSSR count). The number of para-hydroxylation sites is 1. The fourth-order valence-corrected chi connectivity index (χ4v) is 4.62. The highest BCUT2D eigenvalue weighted by molar-refractivity contribution is 7.91. The maximum Gasteiger partial charge on any atom is 0.224 e. The highest BCUT2D eigenvalue weighted by Gasteiger charge is 2.28. The van der Waals surface area contributed by atoms with Gasteiger partial charge in [-0.1, -0.05) is 18.2 Å². The maximum absolute atomic E-state index is 12.0. The number of hydrogen-bond acceptors (Lipinski definition) is 5. The summed E-state index contributed by atoms with van der Waals surface area (Å²) in [6.07, 6.45) is 4.18. The van der Waals surface area contributed by atoms with Crippen molar-refractivity contribution < 1.29 is 18.0 Å². The van der Waals surface area contributed by atoms with Crippen LogP contribution in [-0.4, -0.2) is 54.1 Å². The van der Waals surface area contributed by atoms with Gasteiger partial charge < -0.3 is 10.6 Å². The van der Waals surface area contributed by atoms with Gasteiger partial charge in [0.25, 0.3) is 0 Å². The SMILES string of the molecule is O=C(Cc1cnn(-c2ccccc2)c1)NCCC(=O)N[C@H]1CCS(=O)(=O)C1. The van der Waals surface area contributed by atoms with E-state index in [2.05, 4.69) is 15.7 Å². The van der Waals surface area contributed by atoms with Gasteiger partial charge in [0.1, 0.15) is 0 Å². The number of amides is 2. The summed E-state index contributed by atoms with van der Waals surface area (Å²) in [6, 6.07) is 9.27. The van der Waals surface area contributed by atoms with Crippen molar-refractivity contribution in [1.29, 1.82) is 0 Å². The van der Waals surface area contributed by atoms with E-state index in [1.807, 2.05) is 30.3 Å². The van der Waals surface area contributed by atoms with E-state index in [0.29, 0.717) is 6.42 Å². The second kappa shape index (κ2) is 8.34. The molecule has 0 bridgehead atoms. The number of nitrogens with one attached hydrogen (secondary N) is 2. The predicted octanol–water partition coefficient (Wildman–Crippen LogP) is 0.224. The highest BCUT2D eigenvalue weighted by atomic mass is 32.2. The minimum atomic E-state index is -3.02. The van der Waals surface area contributed by atoms with Crippen LogP contribution in [0.1, 0.15) is 18.4 Å². The van der Waals surface area contributed by atoms with E-state index in [9.17, 15) is 18.0 Å².